The van der Waals surface area contributed by atoms with Gasteiger partial charge >= 0.3 is 0 Å². The van der Waals surface area contributed by atoms with Crippen molar-refractivity contribution in [3.05, 3.63) is 0 Å². The molecule has 0 aliphatic heterocycles. The number of unbranched alkanes of at least 4 members (excludes halogenated alkanes) is 1. The summed E-state index contributed by atoms with van der Waals surface area (Å²) in [5.74, 6) is 0. The fraction of sp³-hybridized carbons (Fsp3) is 1.00. The number of nitrogens with one attached hydrogen (secondary N) is 1. The number of rotatable bonds is 10. The van der Waals surface area contributed by atoms with Gasteiger partial charge in [0.15, 0.2) is 0 Å². The third kappa shape index (κ3) is 6.46. The summed E-state index contributed by atoms with van der Waals surface area (Å²) in [6.45, 7) is 13.0. The fourth-order valence-electron chi connectivity index (χ4n) is 1.81. The summed E-state index contributed by atoms with van der Waals surface area (Å²) in [7, 11) is 0. The molecule has 0 spiro atoms. The van der Waals surface area contributed by atoms with Crippen LogP contribution in [0.1, 0.15) is 47.0 Å². The van der Waals surface area contributed by atoms with E-state index in [1.165, 1.54) is 12.8 Å². The van der Waals surface area contributed by atoms with E-state index in [9.17, 15) is 5.11 Å². The van der Waals surface area contributed by atoms with Crippen molar-refractivity contribution >= 4 is 0 Å². The molecule has 98 valence electrons. The molecule has 0 radical (unpaired) electrons. The second-order valence-corrected chi connectivity index (χ2v) is 4.87. The van der Waals surface area contributed by atoms with Gasteiger partial charge in [0.05, 0.1) is 12.1 Å². The third-order valence-electron chi connectivity index (χ3n) is 3.00. The molecule has 0 aromatic carbocycles. The Hall–Kier alpha value is -0.120. The molecule has 1 atom stereocenters. The second-order valence-electron chi connectivity index (χ2n) is 4.87. The van der Waals surface area contributed by atoms with Crippen LogP contribution in [0.2, 0.25) is 0 Å². The van der Waals surface area contributed by atoms with E-state index in [1.807, 2.05) is 0 Å². The maximum absolute atomic E-state index is 9.49. The Morgan fingerprint density at radius 3 is 2.31 bits per heavy atom. The van der Waals surface area contributed by atoms with Crippen molar-refractivity contribution < 1.29 is 5.11 Å². The van der Waals surface area contributed by atoms with E-state index >= 15 is 0 Å². The van der Waals surface area contributed by atoms with E-state index in [-0.39, 0.29) is 12.1 Å². The predicted octanol–water partition coefficient (Wildman–Crippen LogP) is 1.86. The van der Waals surface area contributed by atoms with Crippen molar-refractivity contribution in [2.24, 2.45) is 0 Å². The van der Waals surface area contributed by atoms with Crippen LogP contribution in [0, 0.1) is 0 Å². The van der Waals surface area contributed by atoms with Crippen LogP contribution in [0.4, 0.5) is 0 Å². The maximum Gasteiger partial charge on any atom is 0.0623 e. The zero-order valence-corrected chi connectivity index (χ0v) is 11.6. The van der Waals surface area contributed by atoms with E-state index < -0.39 is 0 Å². The normalized spacial score (nSPS) is 15.4. The third-order valence-corrected chi connectivity index (χ3v) is 3.00. The Labute approximate surface area is 101 Å². The zero-order valence-electron chi connectivity index (χ0n) is 11.6. The van der Waals surface area contributed by atoms with Crippen molar-refractivity contribution in [2.45, 2.75) is 52.5 Å². The largest absolute Gasteiger partial charge is 0.394 e. The molecule has 0 rings (SSSR count). The van der Waals surface area contributed by atoms with Gasteiger partial charge in [-0.2, -0.15) is 0 Å². The first-order chi connectivity index (χ1) is 7.61. The zero-order chi connectivity index (χ0) is 12.4. The monoisotopic (exact) mass is 230 g/mol. The van der Waals surface area contributed by atoms with Crippen LogP contribution >= 0.6 is 0 Å². The van der Waals surface area contributed by atoms with Gasteiger partial charge in [-0.3, -0.25) is 0 Å². The molecule has 0 amide bonds. The number of aliphatic hydroxyl groups is 1. The van der Waals surface area contributed by atoms with Crippen molar-refractivity contribution in [1.82, 2.24) is 10.2 Å². The number of aliphatic hydroxyl groups excluding tert-OH is 1. The first-order valence-electron chi connectivity index (χ1n) is 6.70. The van der Waals surface area contributed by atoms with Crippen molar-refractivity contribution in [3.63, 3.8) is 0 Å². The minimum atomic E-state index is -0.153. The molecule has 0 aromatic heterocycles. The van der Waals surface area contributed by atoms with Crippen molar-refractivity contribution in [2.75, 3.05) is 32.8 Å². The summed E-state index contributed by atoms with van der Waals surface area (Å²) >= 11 is 0. The van der Waals surface area contributed by atoms with Gasteiger partial charge in [-0.1, -0.05) is 27.2 Å². The predicted molar refractivity (Wildman–Crippen MR) is 70.8 cm³/mol. The Morgan fingerprint density at radius 2 is 1.88 bits per heavy atom. The molecule has 1 unspecified atom stereocenters. The van der Waals surface area contributed by atoms with Crippen LogP contribution in [0.15, 0.2) is 0 Å². The van der Waals surface area contributed by atoms with Crippen LogP contribution in [0.3, 0.4) is 0 Å². The van der Waals surface area contributed by atoms with Crippen LogP contribution in [0.25, 0.3) is 0 Å². The van der Waals surface area contributed by atoms with Crippen LogP contribution in [-0.2, 0) is 0 Å². The van der Waals surface area contributed by atoms with E-state index in [0.717, 1.165) is 32.6 Å². The molecule has 0 saturated carbocycles. The first kappa shape index (κ1) is 15.9. The molecule has 3 heteroatoms. The standard InChI is InChI=1S/C13H30N2O/c1-5-8-10-15(7-3)11-13(4,12-16)14-9-6-2/h14,16H,5-12H2,1-4H3. The molecule has 0 heterocycles. The molecule has 0 bridgehead atoms. The lowest BCUT2D eigenvalue weighted by atomic mass is 10.0. The van der Waals surface area contributed by atoms with Gasteiger partial charge in [0, 0.05) is 6.54 Å². The SMILES string of the molecule is CCCCN(CC)CC(C)(CO)NCCC. The smallest absolute Gasteiger partial charge is 0.0623 e. The first-order valence-corrected chi connectivity index (χ1v) is 6.70. The van der Waals surface area contributed by atoms with Gasteiger partial charge in [-0.05, 0) is 39.4 Å². The van der Waals surface area contributed by atoms with E-state index in [0.29, 0.717) is 0 Å². The quantitative estimate of drug-likeness (QED) is 0.601. The molecule has 0 aliphatic carbocycles. The molecule has 0 fully saturated rings. The summed E-state index contributed by atoms with van der Waals surface area (Å²) < 4.78 is 0. The van der Waals surface area contributed by atoms with Crippen molar-refractivity contribution in [3.8, 4) is 0 Å². The molecule has 3 nitrogen and oxygen atoms in total. The van der Waals surface area contributed by atoms with Gasteiger partial charge in [-0.25, -0.2) is 0 Å². The van der Waals surface area contributed by atoms with E-state index in [2.05, 4.69) is 37.9 Å². The molecular formula is C13H30N2O. The Kier molecular flexibility index (Phi) is 8.90. The Morgan fingerprint density at radius 1 is 1.19 bits per heavy atom. The summed E-state index contributed by atoms with van der Waals surface area (Å²) in [6.07, 6.45) is 3.58. The molecular weight excluding hydrogens is 200 g/mol. The topological polar surface area (TPSA) is 35.5 Å². The average molecular weight is 230 g/mol. The highest BCUT2D eigenvalue weighted by Crippen LogP contribution is 2.07. The van der Waals surface area contributed by atoms with E-state index in [4.69, 9.17) is 0 Å². The lowest BCUT2D eigenvalue weighted by molar-refractivity contribution is 0.122. The van der Waals surface area contributed by atoms with Gasteiger partial charge in [0.2, 0.25) is 0 Å². The number of hydrogen-bond acceptors (Lipinski definition) is 3. The lowest BCUT2D eigenvalue weighted by Gasteiger charge is -2.34. The molecule has 16 heavy (non-hydrogen) atoms. The second kappa shape index (κ2) is 8.97. The summed E-state index contributed by atoms with van der Waals surface area (Å²) in [5, 5.41) is 12.9. The molecule has 0 aromatic rings. The highest BCUT2D eigenvalue weighted by molar-refractivity contribution is 4.85. The molecule has 2 N–H and O–H groups in total. The minimum Gasteiger partial charge on any atom is -0.394 e. The number of hydrogen-bond donors (Lipinski definition) is 2. The maximum atomic E-state index is 9.49. The van der Waals surface area contributed by atoms with Crippen molar-refractivity contribution in [1.29, 1.82) is 0 Å². The Bertz CT molecular complexity index is 164. The minimum absolute atomic E-state index is 0.153. The van der Waals surface area contributed by atoms with Gasteiger partial charge in [0.25, 0.3) is 0 Å². The van der Waals surface area contributed by atoms with Crippen LogP contribution < -0.4 is 5.32 Å². The van der Waals surface area contributed by atoms with Gasteiger partial charge in [0.1, 0.15) is 0 Å². The van der Waals surface area contributed by atoms with Crippen LogP contribution in [-0.4, -0.2) is 48.3 Å². The Balaban J connectivity index is 4.12. The van der Waals surface area contributed by atoms with Crippen LogP contribution in [0.5, 0.6) is 0 Å². The summed E-state index contributed by atoms with van der Waals surface area (Å²) in [6, 6.07) is 0. The summed E-state index contributed by atoms with van der Waals surface area (Å²) in [4.78, 5) is 2.42. The summed E-state index contributed by atoms with van der Waals surface area (Å²) in [5.41, 5.74) is -0.153. The average Bonchev–Trinajstić information content (AvgIpc) is 2.32. The highest BCUT2D eigenvalue weighted by atomic mass is 16.3. The van der Waals surface area contributed by atoms with Gasteiger partial charge < -0.3 is 15.3 Å². The molecule has 0 aliphatic rings. The molecule has 0 saturated heterocycles. The number of likely N-dealkylation sites (N-methyl/N-ethyl adjacent to an activating group) is 1. The number of nitrogens with zero attached hydrogens (tertiary/aromatic N) is 1. The van der Waals surface area contributed by atoms with Gasteiger partial charge in [-0.15, -0.1) is 0 Å². The lowest BCUT2D eigenvalue weighted by Crippen LogP contribution is -2.54. The highest BCUT2D eigenvalue weighted by Gasteiger charge is 2.24. The fourth-order valence-corrected chi connectivity index (χ4v) is 1.81. The van der Waals surface area contributed by atoms with E-state index in [1.54, 1.807) is 0 Å².